The van der Waals surface area contributed by atoms with Crippen LogP contribution in [0.5, 0.6) is 0 Å². The second kappa shape index (κ2) is 4.56. The number of nitro groups is 1. The van der Waals surface area contributed by atoms with Gasteiger partial charge in [-0.05, 0) is 17.7 Å². The quantitative estimate of drug-likeness (QED) is 0.484. The van der Waals surface area contributed by atoms with Gasteiger partial charge in [0.25, 0.3) is 5.69 Å². The second-order valence-corrected chi connectivity index (χ2v) is 3.11. The van der Waals surface area contributed by atoms with Gasteiger partial charge in [0.1, 0.15) is 5.02 Å². The zero-order valence-electron chi connectivity index (χ0n) is 7.51. The zero-order chi connectivity index (χ0) is 11.4. The van der Waals surface area contributed by atoms with Crippen LogP contribution in [0, 0.1) is 10.1 Å². The molecule has 0 radical (unpaired) electrons. The Kier molecular flexibility index (Phi) is 3.41. The Balaban J connectivity index is 3.08. The van der Waals surface area contributed by atoms with Crippen LogP contribution in [-0.4, -0.2) is 10.8 Å². The minimum absolute atomic E-state index is 0.0521. The second-order valence-electron chi connectivity index (χ2n) is 2.70. The molecule has 0 heterocycles. The topological polar surface area (TPSA) is 86.2 Å². The lowest BCUT2D eigenvalue weighted by Crippen LogP contribution is -2.05. The van der Waals surface area contributed by atoms with Crippen molar-refractivity contribution in [2.24, 2.45) is 5.73 Å². The van der Waals surface area contributed by atoms with Gasteiger partial charge in [-0.2, -0.15) is 0 Å². The van der Waals surface area contributed by atoms with Crippen molar-refractivity contribution in [2.75, 3.05) is 0 Å². The molecule has 5 nitrogen and oxygen atoms in total. The monoisotopic (exact) mass is 226 g/mol. The summed E-state index contributed by atoms with van der Waals surface area (Å²) in [5.41, 5.74) is 5.17. The summed E-state index contributed by atoms with van der Waals surface area (Å²) in [5, 5.41) is 10.6. The highest BCUT2D eigenvalue weighted by Gasteiger charge is 2.11. The number of hydrogen-bond donors (Lipinski definition) is 1. The molecule has 6 heteroatoms. The van der Waals surface area contributed by atoms with E-state index in [1.807, 2.05) is 0 Å². The standard InChI is InChI=1S/C9H7ClN2O3/c10-7-3-1-6(2-4-9(11)13)5-8(7)12(14)15/h1-5H,(H2,11,13)/b4-2+. The molecule has 1 aromatic rings. The van der Waals surface area contributed by atoms with E-state index >= 15 is 0 Å². The van der Waals surface area contributed by atoms with E-state index in [2.05, 4.69) is 0 Å². The largest absolute Gasteiger partial charge is 0.366 e. The molecule has 0 spiro atoms. The Morgan fingerprint density at radius 2 is 2.20 bits per heavy atom. The summed E-state index contributed by atoms with van der Waals surface area (Å²) in [4.78, 5) is 20.4. The number of nitro benzene ring substituents is 1. The lowest BCUT2D eigenvalue weighted by Gasteiger charge is -1.96. The van der Waals surface area contributed by atoms with Crippen LogP contribution in [0.15, 0.2) is 24.3 Å². The van der Waals surface area contributed by atoms with Gasteiger partial charge >= 0.3 is 0 Å². The van der Waals surface area contributed by atoms with Crippen LogP contribution in [0.2, 0.25) is 5.02 Å². The molecule has 0 aromatic heterocycles. The first-order valence-electron chi connectivity index (χ1n) is 3.92. The summed E-state index contributed by atoms with van der Waals surface area (Å²) < 4.78 is 0. The van der Waals surface area contributed by atoms with Crippen molar-refractivity contribution in [1.82, 2.24) is 0 Å². The number of halogens is 1. The van der Waals surface area contributed by atoms with Gasteiger partial charge in [0.2, 0.25) is 5.91 Å². The molecule has 0 aliphatic rings. The molecule has 0 fully saturated rings. The minimum atomic E-state index is -0.618. The fourth-order valence-corrected chi connectivity index (χ4v) is 1.14. The fraction of sp³-hybridized carbons (Fsp3) is 0. The molecule has 1 amide bonds. The van der Waals surface area contributed by atoms with Crippen LogP contribution < -0.4 is 5.73 Å². The normalized spacial score (nSPS) is 10.5. The van der Waals surface area contributed by atoms with E-state index in [0.29, 0.717) is 5.56 Å². The van der Waals surface area contributed by atoms with Crippen molar-refractivity contribution in [3.63, 3.8) is 0 Å². The first-order valence-corrected chi connectivity index (χ1v) is 4.30. The molecule has 0 saturated heterocycles. The molecule has 0 aliphatic carbocycles. The van der Waals surface area contributed by atoms with Crippen LogP contribution in [-0.2, 0) is 4.79 Å². The highest BCUT2D eigenvalue weighted by atomic mass is 35.5. The predicted molar refractivity (Wildman–Crippen MR) is 56.3 cm³/mol. The van der Waals surface area contributed by atoms with Crippen molar-refractivity contribution in [1.29, 1.82) is 0 Å². The molecule has 2 N–H and O–H groups in total. The van der Waals surface area contributed by atoms with Gasteiger partial charge in [0.15, 0.2) is 0 Å². The van der Waals surface area contributed by atoms with Gasteiger partial charge in [0.05, 0.1) is 4.92 Å². The zero-order valence-corrected chi connectivity index (χ0v) is 8.27. The maximum Gasteiger partial charge on any atom is 0.288 e. The van der Waals surface area contributed by atoms with Gasteiger partial charge < -0.3 is 5.73 Å². The van der Waals surface area contributed by atoms with Gasteiger partial charge in [-0.1, -0.05) is 17.7 Å². The number of rotatable bonds is 3. The Morgan fingerprint density at radius 3 is 2.73 bits per heavy atom. The van der Waals surface area contributed by atoms with E-state index in [0.717, 1.165) is 6.08 Å². The summed E-state index contributed by atoms with van der Waals surface area (Å²) in [6.45, 7) is 0. The third-order valence-electron chi connectivity index (χ3n) is 1.61. The number of carbonyl (C=O) groups is 1. The van der Waals surface area contributed by atoms with Crippen molar-refractivity contribution in [3.8, 4) is 0 Å². The maximum absolute atomic E-state index is 10.5. The highest BCUT2D eigenvalue weighted by molar-refractivity contribution is 6.32. The lowest BCUT2D eigenvalue weighted by atomic mass is 10.2. The third-order valence-corrected chi connectivity index (χ3v) is 1.93. The number of nitrogens with two attached hydrogens (primary N) is 1. The summed E-state index contributed by atoms with van der Waals surface area (Å²) >= 11 is 5.60. The average Bonchev–Trinajstić information content (AvgIpc) is 2.16. The fourth-order valence-electron chi connectivity index (χ4n) is 0.952. The Labute approximate surface area is 90.3 Å². The van der Waals surface area contributed by atoms with Crippen molar-refractivity contribution in [2.45, 2.75) is 0 Å². The lowest BCUT2D eigenvalue weighted by molar-refractivity contribution is -0.384. The number of carbonyl (C=O) groups excluding carboxylic acids is 1. The minimum Gasteiger partial charge on any atom is -0.366 e. The van der Waals surface area contributed by atoms with E-state index in [1.54, 1.807) is 6.07 Å². The number of nitrogens with zero attached hydrogens (tertiary/aromatic N) is 1. The highest BCUT2D eigenvalue weighted by Crippen LogP contribution is 2.25. The van der Waals surface area contributed by atoms with E-state index in [-0.39, 0.29) is 10.7 Å². The van der Waals surface area contributed by atoms with Gasteiger partial charge in [-0.3, -0.25) is 14.9 Å². The van der Waals surface area contributed by atoms with E-state index in [9.17, 15) is 14.9 Å². The molecule has 0 unspecified atom stereocenters. The summed E-state index contributed by atoms with van der Waals surface area (Å²) in [7, 11) is 0. The predicted octanol–water partition coefficient (Wildman–Crippen LogP) is 1.75. The molecule has 0 bridgehead atoms. The smallest absolute Gasteiger partial charge is 0.288 e. The van der Waals surface area contributed by atoms with Gasteiger partial charge in [-0.25, -0.2) is 0 Å². The summed E-state index contributed by atoms with van der Waals surface area (Å²) in [6.07, 6.45) is 2.50. The Morgan fingerprint density at radius 1 is 1.53 bits per heavy atom. The first-order chi connectivity index (χ1) is 7.00. The first kappa shape index (κ1) is 11.2. The van der Waals surface area contributed by atoms with Crippen molar-refractivity contribution >= 4 is 29.3 Å². The van der Waals surface area contributed by atoms with Crippen molar-refractivity contribution in [3.05, 3.63) is 45.0 Å². The molecule has 15 heavy (non-hydrogen) atoms. The molecule has 1 rings (SSSR count). The Hall–Kier alpha value is -1.88. The van der Waals surface area contributed by atoms with Gasteiger partial charge in [0, 0.05) is 12.1 Å². The molecular formula is C9H7ClN2O3. The summed E-state index contributed by atoms with van der Waals surface area (Å²) in [5.74, 6) is -0.618. The number of amides is 1. The maximum atomic E-state index is 10.5. The van der Waals surface area contributed by atoms with Gasteiger partial charge in [-0.15, -0.1) is 0 Å². The van der Waals surface area contributed by atoms with Crippen molar-refractivity contribution < 1.29 is 9.72 Å². The molecule has 78 valence electrons. The number of hydrogen-bond acceptors (Lipinski definition) is 3. The average molecular weight is 227 g/mol. The molecule has 0 saturated carbocycles. The summed E-state index contributed by atoms with van der Waals surface area (Å²) in [6, 6.07) is 4.21. The van der Waals surface area contributed by atoms with Crippen LogP contribution >= 0.6 is 11.6 Å². The third kappa shape index (κ3) is 3.07. The van der Waals surface area contributed by atoms with Crippen LogP contribution in [0.3, 0.4) is 0 Å². The molecule has 1 aromatic carbocycles. The number of benzene rings is 1. The van der Waals surface area contributed by atoms with E-state index < -0.39 is 10.8 Å². The van der Waals surface area contributed by atoms with Crippen LogP contribution in [0.25, 0.3) is 6.08 Å². The SMILES string of the molecule is NC(=O)/C=C/c1ccc(Cl)c([N+](=O)[O-])c1. The molecular weight excluding hydrogens is 220 g/mol. The van der Waals surface area contributed by atoms with E-state index in [1.165, 1.54) is 18.2 Å². The van der Waals surface area contributed by atoms with Crippen LogP contribution in [0.1, 0.15) is 5.56 Å². The number of primary amides is 1. The Bertz CT molecular complexity index is 443. The van der Waals surface area contributed by atoms with Crippen LogP contribution in [0.4, 0.5) is 5.69 Å². The van der Waals surface area contributed by atoms with E-state index in [4.69, 9.17) is 17.3 Å². The molecule has 0 atom stereocenters. The molecule has 0 aliphatic heterocycles.